The number of aromatic nitrogens is 1. The van der Waals surface area contributed by atoms with Gasteiger partial charge >= 0.3 is 0 Å². The average molecular weight is 248 g/mol. The molecule has 0 radical (unpaired) electrons. The highest BCUT2D eigenvalue weighted by Crippen LogP contribution is 2.23. The van der Waals surface area contributed by atoms with Crippen LogP contribution in [0.3, 0.4) is 0 Å². The molecule has 1 heterocycles. The van der Waals surface area contributed by atoms with Crippen molar-refractivity contribution in [3.63, 3.8) is 0 Å². The van der Waals surface area contributed by atoms with Gasteiger partial charge in [0, 0.05) is 17.7 Å². The molecule has 0 aliphatic carbocycles. The first-order valence-electron chi connectivity index (χ1n) is 5.59. The summed E-state index contributed by atoms with van der Waals surface area (Å²) in [6, 6.07) is 10.1. The van der Waals surface area contributed by atoms with E-state index in [9.17, 15) is 4.79 Å². The number of amides is 1. The lowest BCUT2D eigenvalue weighted by Crippen LogP contribution is -2.31. The molecule has 0 saturated heterocycles. The first-order chi connectivity index (χ1) is 8.13. The van der Waals surface area contributed by atoms with Crippen LogP contribution in [0.15, 0.2) is 30.3 Å². The summed E-state index contributed by atoms with van der Waals surface area (Å²) in [5.74, 6) is -0.0226. The van der Waals surface area contributed by atoms with Crippen LogP contribution in [0.5, 0.6) is 0 Å². The minimum Gasteiger partial charge on any atom is -0.349 e. The Hall–Kier alpha value is -1.42. The van der Waals surface area contributed by atoms with Gasteiger partial charge in [-0.3, -0.25) is 8.77 Å². The molecule has 90 valence electrons. The van der Waals surface area contributed by atoms with E-state index in [0.29, 0.717) is 5.69 Å². The summed E-state index contributed by atoms with van der Waals surface area (Å²) in [5.41, 5.74) is 1.78. The minimum absolute atomic E-state index is 0.0226. The quantitative estimate of drug-likeness (QED) is 0.906. The molecule has 0 aliphatic heterocycles. The van der Waals surface area contributed by atoms with Crippen molar-refractivity contribution in [2.24, 2.45) is 0 Å². The third-order valence-electron chi connectivity index (χ3n) is 2.50. The molecule has 0 fully saturated rings. The Morgan fingerprint density at radius 3 is 2.71 bits per heavy atom. The maximum Gasteiger partial charge on any atom is 0.269 e. The highest BCUT2D eigenvalue weighted by atomic mass is 32.2. The number of fused-ring (bicyclic) bond motifs is 1. The number of carbonyl (C=O) groups is 1. The number of para-hydroxylation sites is 1. The second-order valence-corrected chi connectivity index (χ2v) is 4.92. The molecular weight excluding hydrogens is 232 g/mol. The fraction of sp³-hybridized carbons (Fsp3) is 0.308. The van der Waals surface area contributed by atoms with E-state index in [2.05, 4.69) is 5.32 Å². The van der Waals surface area contributed by atoms with Crippen molar-refractivity contribution in [3.8, 4) is 0 Å². The minimum atomic E-state index is -0.0226. The number of nitrogens with zero attached hydrogens (tertiary/aromatic N) is 1. The van der Waals surface area contributed by atoms with Gasteiger partial charge in [-0.15, -0.1) is 0 Å². The van der Waals surface area contributed by atoms with Gasteiger partial charge in [-0.05, 0) is 37.9 Å². The van der Waals surface area contributed by atoms with Crippen LogP contribution >= 0.6 is 11.9 Å². The molecule has 0 atom stereocenters. The van der Waals surface area contributed by atoms with E-state index in [1.807, 2.05) is 54.4 Å². The number of carbonyl (C=O) groups excluding carboxylic acids is 1. The highest BCUT2D eigenvalue weighted by molar-refractivity contribution is 7.97. The summed E-state index contributed by atoms with van der Waals surface area (Å²) in [6.45, 7) is 3.92. The Bertz CT molecular complexity index is 545. The fourth-order valence-electron chi connectivity index (χ4n) is 1.82. The van der Waals surface area contributed by atoms with Crippen LogP contribution in [0.4, 0.5) is 0 Å². The van der Waals surface area contributed by atoms with Crippen LogP contribution in [-0.4, -0.2) is 22.2 Å². The summed E-state index contributed by atoms with van der Waals surface area (Å²) in [6.07, 6.45) is 1.97. The third-order valence-corrected chi connectivity index (χ3v) is 3.26. The smallest absolute Gasteiger partial charge is 0.269 e. The summed E-state index contributed by atoms with van der Waals surface area (Å²) >= 11 is 1.54. The van der Waals surface area contributed by atoms with E-state index in [1.54, 1.807) is 11.9 Å². The van der Waals surface area contributed by atoms with Gasteiger partial charge < -0.3 is 5.32 Å². The summed E-state index contributed by atoms with van der Waals surface area (Å²) in [4.78, 5) is 12.1. The zero-order chi connectivity index (χ0) is 12.4. The van der Waals surface area contributed by atoms with Gasteiger partial charge in [-0.2, -0.15) is 0 Å². The molecule has 0 spiro atoms. The number of nitrogens with one attached hydrogen (secondary N) is 1. The van der Waals surface area contributed by atoms with E-state index in [-0.39, 0.29) is 11.9 Å². The van der Waals surface area contributed by atoms with Gasteiger partial charge in [0.25, 0.3) is 5.91 Å². The Morgan fingerprint density at radius 1 is 1.35 bits per heavy atom. The van der Waals surface area contributed by atoms with Gasteiger partial charge in [0.15, 0.2) is 0 Å². The second kappa shape index (κ2) is 4.84. The van der Waals surface area contributed by atoms with Crippen molar-refractivity contribution in [3.05, 3.63) is 36.0 Å². The SMILES string of the molecule is CSn1c(C(=O)NC(C)C)cc2ccccc21. The van der Waals surface area contributed by atoms with Gasteiger partial charge in [0.05, 0.1) is 5.52 Å². The third kappa shape index (κ3) is 2.31. The number of hydrogen-bond acceptors (Lipinski definition) is 2. The van der Waals surface area contributed by atoms with Crippen molar-refractivity contribution >= 4 is 28.8 Å². The lowest BCUT2D eigenvalue weighted by atomic mass is 10.2. The predicted molar refractivity (Wildman–Crippen MR) is 73.5 cm³/mol. The Labute approximate surface area is 105 Å². The normalized spacial score (nSPS) is 11.1. The molecule has 1 N–H and O–H groups in total. The molecule has 1 aromatic heterocycles. The topological polar surface area (TPSA) is 34.0 Å². The number of rotatable bonds is 3. The monoisotopic (exact) mass is 248 g/mol. The van der Waals surface area contributed by atoms with Crippen LogP contribution in [0.1, 0.15) is 24.3 Å². The summed E-state index contributed by atoms with van der Waals surface area (Å²) in [5, 5.41) is 4.01. The van der Waals surface area contributed by atoms with Gasteiger partial charge in [0.2, 0.25) is 0 Å². The first-order valence-corrected chi connectivity index (χ1v) is 6.77. The highest BCUT2D eigenvalue weighted by Gasteiger charge is 2.15. The molecule has 17 heavy (non-hydrogen) atoms. The Kier molecular flexibility index (Phi) is 3.43. The molecule has 4 heteroatoms. The molecule has 0 aliphatic rings. The largest absolute Gasteiger partial charge is 0.349 e. The molecule has 0 saturated carbocycles. The summed E-state index contributed by atoms with van der Waals surface area (Å²) in [7, 11) is 0. The zero-order valence-corrected chi connectivity index (χ0v) is 11.0. The number of benzene rings is 1. The lowest BCUT2D eigenvalue weighted by molar-refractivity contribution is 0.0938. The number of hydrogen-bond donors (Lipinski definition) is 1. The zero-order valence-electron chi connectivity index (χ0n) is 10.2. The Morgan fingerprint density at radius 2 is 2.06 bits per heavy atom. The van der Waals surface area contributed by atoms with E-state index >= 15 is 0 Å². The van der Waals surface area contributed by atoms with E-state index in [4.69, 9.17) is 0 Å². The van der Waals surface area contributed by atoms with Crippen LogP contribution in [0.2, 0.25) is 0 Å². The fourth-order valence-corrected chi connectivity index (χ4v) is 2.52. The Balaban J connectivity index is 2.49. The van der Waals surface area contributed by atoms with Gasteiger partial charge in [0.1, 0.15) is 5.69 Å². The molecule has 0 bridgehead atoms. The van der Waals surface area contributed by atoms with Gasteiger partial charge in [-0.1, -0.05) is 18.2 Å². The van der Waals surface area contributed by atoms with Crippen LogP contribution in [0.25, 0.3) is 10.9 Å². The molecule has 1 aromatic carbocycles. The maximum absolute atomic E-state index is 12.1. The van der Waals surface area contributed by atoms with Crippen molar-refractivity contribution in [1.82, 2.24) is 9.29 Å². The molecule has 1 amide bonds. The standard InChI is InChI=1S/C13H16N2OS/c1-9(2)14-13(16)12-8-10-6-4-5-7-11(10)15(12)17-3/h4-9H,1-3H3,(H,14,16). The van der Waals surface area contributed by atoms with Gasteiger partial charge in [-0.25, -0.2) is 0 Å². The first kappa shape index (κ1) is 12.0. The van der Waals surface area contributed by atoms with Crippen LogP contribution < -0.4 is 5.32 Å². The van der Waals surface area contributed by atoms with Crippen molar-refractivity contribution in [1.29, 1.82) is 0 Å². The molecule has 0 unspecified atom stereocenters. The van der Waals surface area contributed by atoms with E-state index < -0.39 is 0 Å². The van der Waals surface area contributed by atoms with Crippen LogP contribution in [-0.2, 0) is 0 Å². The molecule has 2 aromatic rings. The molecule has 2 rings (SSSR count). The molecular formula is C13H16N2OS. The van der Waals surface area contributed by atoms with Crippen LogP contribution in [0, 0.1) is 0 Å². The van der Waals surface area contributed by atoms with Crippen molar-refractivity contribution in [2.45, 2.75) is 19.9 Å². The second-order valence-electron chi connectivity index (χ2n) is 4.19. The average Bonchev–Trinajstić information content (AvgIpc) is 2.66. The van der Waals surface area contributed by atoms with Crippen molar-refractivity contribution < 1.29 is 4.79 Å². The maximum atomic E-state index is 12.1. The van der Waals surface area contributed by atoms with E-state index in [0.717, 1.165) is 10.9 Å². The lowest BCUT2D eigenvalue weighted by Gasteiger charge is -2.10. The van der Waals surface area contributed by atoms with Crippen molar-refractivity contribution in [2.75, 3.05) is 6.26 Å². The predicted octanol–water partition coefficient (Wildman–Crippen LogP) is 2.91. The summed E-state index contributed by atoms with van der Waals surface area (Å²) < 4.78 is 1.97. The molecule has 3 nitrogen and oxygen atoms in total. The van der Waals surface area contributed by atoms with E-state index in [1.165, 1.54) is 0 Å².